The number of H-pyrrole nitrogens is 1. The Hall–Kier alpha value is -2.80. The Bertz CT molecular complexity index is 1270. The van der Waals surface area contributed by atoms with Crippen molar-refractivity contribution in [3.63, 3.8) is 0 Å². The van der Waals surface area contributed by atoms with Gasteiger partial charge in [0.1, 0.15) is 17.2 Å². The van der Waals surface area contributed by atoms with Gasteiger partial charge in [0.2, 0.25) is 0 Å². The third-order valence-corrected chi connectivity index (χ3v) is 7.36. The number of rotatable bonds is 6. The molecule has 0 spiro atoms. The summed E-state index contributed by atoms with van der Waals surface area (Å²) in [5, 5.41) is 0. The number of amides is 1. The summed E-state index contributed by atoms with van der Waals surface area (Å²) in [6.45, 7) is 5.72. The lowest BCUT2D eigenvalue weighted by Gasteiger charge is -2.31. The monoisotopic (exact) mass is 545 g/mol. The molecule has 0 saturated carbocycles. The molecule has 13 heteroatoms. The van der Waals surface area contributed by atoms with E-state index in [0.717, 1.165) is 0 Å². The molecule has 204 valence electrons. The van der Waals surface area contributed by atoms with Crippen molar-refractivity contribution in [2.75, 3.05) is 13.7 Å². The minimum atomic E-state index is -5.77. The normalized spacial score (nSPS) is 20.2. The van der Waals surface area contributed by atoms with E-state index >= 15 is 0 Å². The fourth-order valence-corrected chi connectivity index (χ4v) is 5.40. The molecule has 0 unspecified atom stereocenters. The summed E-state index contributed by atoms with van der Waals surface area (Å²) >= 11 is 0. The van der Waals surface area contributed by atoms with Crippen molar-refractivity contribution in [2.24, 2.45) is 0 Å². The Balaban J connectivity index is 1.64. The molecule has 1 amide bonds. The van der Waals surface area contributed by atoms with Gasteiger partial charge < -0.3 is 18.6 Å². The Kier molecular flexibility index (Phi) is 7.23. The molecular weight excluding hydrogens is 515 g/mol. The first-order valence-corrected chi connectivity index (χ1v) is 13.3. The number of methoxy groups -OCH3 is 1. The van der Waals surface area contributed by atoms with E-state index in [4.69, 9.17) is 9.47 Å². The van der Waals surface area contributed by atoms with Crippen molar-refractivity contribution in [3.8, 4) is 17.0 Å². The minimum Gasteiger partial charge on any atom is -0.444 e. The zero-order chi connectivity index (χ0) is 27.2. The van der Waals surface area contributed by atoms with Gasteiger partial charge in [0, 0.05) is 12.7 Å². The van der Waals surface area contributed by atoms with Crippen molar-refractivity contribution in [2.45, 2.75) is 76.1 Å². The number of carbonyl (C=O) groups excluding carboxylic acids is 1. The Labute approximate surface area is 213 Å². The molecule has 0 radical (unpaired) electrons. The first kappa shape index (κ1) is 27.2. The molecule has 2 heterocycles. The van der Waals surface area contributed by atoms with Crippen LogP contribution in [0.5, 0.6) is 5.75 Å². The van der Waals surface area contributed by atoms with Gasteiger partial charge in [-0.1, -0.05) is 0 Å². The van der Waals surface area contributed by atoms with Crippen LogP contribution in [0.2, 0.25) is 0 Å². The first-order chi connectivity index (χ1) is 17.2. The highest BCUT2D eigenvalue weighted by Crippen LogP contribution is 2.41. The topological polar surface area (TPSA) is 111 Å². The number of benzene rings is 1. The maximum absolute atomic E-state index is 13.0. The number of fused-ring (bicyclic) bond motifs is 1. The van der Waals surface area contributed by atoms with Crippen LogP contribution in [0.15, 0.2) is 18.3 Å². The summed E-state index contributed by atoms with van der Waals surface area (Å²) in [7, 11) is -4.21. The Morgan fingerprint density at radius 3 is 2.51 bits per heavy atom. The summed E-state index contributed by atoms with van der Waals surface area (Å²) in [4.78, 5) is 22.5. The molecule has 2 aliphatic rings. The van der Waals surface area contributed by atoms with Crippen molar-refractivity contribution in [3.05, 3.63) is 35.3 Å². The van der Waals surface area contributed by atoms with Crippen LogP contribution in [0.1, 0.15) is 63.0 Å². The summed E-state index contributed by atoms with van der Waals surface area (Å²) in [5.41, 5.74) is -3.76. The molecule has 1 aromatic carbocycles. The number of carbonyl (C=O) groups is 1. The van der Waals surface area contributed by atoms with Crippen LogP contribution in [0.4, 0.5) is 18.0 Å². The third kappa shape index (κ3) is 5.57. The number of hydrogen-bond acceptors (Lipinski definition) is 7. The van der Waals surface area contributed by atoms with Crippen molar-refractivity contribution in [1.29, 1.82) is 0 Å². The SMILES string of the molecule is COC[C@H]1CC[C@@H](c2ncc(-c3ccc(OS(=O)(=O)C(F)(F)F)c4c3CCC4)[nH]2)N1C(=O)OC(C)(C)C. The number of halogens is 3. The van der Waals surface area contributed by atoms with Crippen molar-refractivity contribution < 1.29 is 40.0 Å². The summed E-state index contributed by atoms with van der Waals surface area (Å²) in [6, 6.07) is 2.20. The quantitative estimate of drug-likeness (QED) is 0.407. The van der Waals surface area contributed by atoms with Crippen LogP contribution < -0.4 is 4.18 Å². The molecule has 1 N–H and O–H groups in total. The second-order valence-electron chi connectivity index (χ2n) is 10.2. The van der Waals surface area contributed by atoms with E-state index in [2.05, 4.69) is 14.2 Å². The fourth-order valence-electron chi connectivity index (χ4n) is 4.91. The largest absolute Gasteiger partial charge is 0.534 e. The molecule has 9 nitrogen and oxygen atoms in total. The lowest BCUT2D eigenvalue weighted by molar-refractivity contribution is -0.0500. The highest BCUT2D eigenvalue weighted by molar-refractivity contribution is 7.88. The number of ether oxygens (including phenoxy) is 2. The zero-order valence-electron chi connectivity index (χ0n) is 21.0. The number of likely N-dealkylation sites (tertiary alicyclic amines) is 1. The molecule has 2 atom stereocenters. The van der Waals surface area contributed by atoms with E-state index in [1.54, 1.807) is 39.0 Å². The summed E-state index contributed by atoms with van der Waals surface area (Å²) in [6.07, 6.45) is 4.05. The predicted octanol–water partition coefficient (Wildman–Crippen LogP) is 4.88. The number of aromatic amines is 1. The smallest absolute Gasteiger partial charge is 0.444 e. The second kappa shape index (κ2) is 9.82. The number of aromatic nitrogens is 2. The standard InChI is InChI=1S/C24H30F3N3O6S/c1-23(2,3)35-22(31)30-14(13-34-4)8-10-19(30)21-28-12-18(29-21)16-9-11-20(17-7-5-6-15(16)17)36-37(32,33)24(25,26)27/h9,11-12,14,19H,5-8,10,13H2,1-4H3,(H,28,29)/t14-,19+/m1/s1. The maximum atomic E-state index is 13.0. The van der Waals surface area contributed by atoms with E-state index in [9.17, 15) is 26.4 Å². The van der Waals surface area contributed by atoms with Crippen LogP contribution in [-0.4, -0.2) is 60.2 Å². The van der Waals surface area contributed by atoms with Gasteiger partial charge >= 0.3 is 21.7 Å². The fraction of sp³-hybridized carbons (Fsp3) is 0.583. The van der Waals surface area contributed by atoms with E-state index in [1.807, 2.05) is 0 Å². The van der Waals surface area contributed by atoms with Crippen molar-refractivity contribution >= 4 is 16.2 Å². The van der Waals surface area contributed by atoms with Crippen LogP contribution in [-0.2, 0) is 32.4 Å². The number of nitrogens with zero attached hydrogens (tertiary/aromatic N) is 2. The van der Waals surface area contributed by atoms with Gasteiger partial charge in [-0.2, -0.15) is 21.6 Å². The van der Waals surface area contributed by atoms with E-state index in [-0.39, 0.29) is 17.8 Å². The highest BCUT2D eigenvalue weighted by atomic mass is 32.2. The molecule has 1 fully saturated rings. The maximum Gasteiger partial charge on any atom is 0.534 e. The molecule has 37 heavy (non-hydrogen) atoms. The first-order valence-electron chi connectivity index (χ1n) is 11.9. The lowest BCUT2D eigenvalue weighted by Crippen LogP contribution is -2.43. The van der Waals surface area contributed by atoms with Crippen molar-refractivity contribution in [1.82, 2.24) is 14.9 Å². The van der Waals surface area contributed by atoms with Gasteiger partial charge in [0.15, 0.2) is 0 Å². The molecule has 1 aliphatic carbocycles. The van der Waals surface area contributed by atoms with Gasteiger partial charge in [-0.05, 0) is 76.1 Å². The Morgan fingerprint density at radius 1 is 1.16 bits per heavy atom. The number of hydrogen-bond donors (Lipinski definition) is 1. The molecule has 0 bridgehead atoms. The van der Waals surface area contributed by atoms with Gasteiger partial charge in [-0.3, -0.25) is 4.90 Å². The molecule has 1 aliphatic heterocycles. The average molecular weight is 546 g/mol. The van der Waals surface area contributed by atoms with E-state index in [1.165, 1.54) is 12.1 Å². The number of nitrogens with one attached hydrogen (secondary N) is 1. The van der Waals surface area contributed by atoms with Crippen LogP contribution >= 0.6 is 0 Å². The van der Waals surface area contributed by atoms with Gasteiger partial charge in [0.05, 0.1) is 30.6 Å². The molecular formula is C24H30F3N3O6S. The zero-order valence-corrected chi connectivity index (χ0v) is 21.8. The summed E-state index contributed by atoms with van der Waals surface area (Å²) in [5.74, 6) is 0.230. The highest BCUT2D eigenvalue weighted by Gasteiger charge is 2.49. The minimum absolute atomic E-state index is 0.185. The lowest BCUT2D eigenvalue weighted by atomic mass is 10.0. The molecule has 1 saturated heterocycles. The van der Waals surface area contributed by atoms with Crippen LogP contribution in [0.25, 0.3) is 11.3 Å². The van der Waals surface area contributed by atoms with Crippen LogP contribution in [0.3, 0.4) is 0 Å². The molecule has 2 aromatic rings. The number of imidazole rings is 1. The average Bonchev–Trinajstić information content (AvgIpc) is 3.51. The van der Waals surface area contributed by atoms with Gasteiger partial charge in [0.25, 0.3) is 0 Å². The molecule has 1 aromatic heterocycles. The second-order valence-corrected chi connectivity index (χ2v) is 11.7. The number of alkyl halides is 3. The Morgan fingerprint density at radius 2 is 1.86 bits per heavy atom. The van der Waals surface area contributed by atoms with Crippen LogP contribution in [0, 0.1) is 0 Å². The van der Waals surface area contributed by atoms with E-state index in [0.29, 0.717) is 66.9 Å². The third-order valence-electron chi connectivity index (χ3n) is 6.39. The van der Waals surface area contributed by atoms with E-state index < -0.39 is 27.3 Å². The molecule has 4 rings (SSSR count). The summed E-state index contributed by atoms with van der Waals surface area (Å²) < 4.78 is 77.1. The van der Waals surface area contributed by atoms with Gasteiger partial charge in [-0.15, -0.1) is 0 Å². The van der Waals surface area contributed by atoms with Gasteiger partial charge in [-0.25, -0.2) is 9.78 Å². The predicted molar refractivity (Wildman–Crippen MR) is 127 cm³/mol.